The van der Waals surface area contributed by atoms with Crippen LogP contribution in [0.3, 0.4) is 0 Å². The molecule has 0 unspecified atom stereocenters. The zero-order valence-corrected chi connectivity index (χ0v) is 10.0. The SMILES string of the molecule is CCNCCCn1cnc2ccccc2c1=O. The number of aryl methyl sites for hydroxylation is 1. The molecule has 0 amide bonds. The van der Waals surface area contributed by atoms with Gasteiger partial charge in [0, 0.05) is 6.54 Å². The van der Waals surface area contributed by atoms with Gasteiger partial charge in [0.15, 0.2) is 0 Å². The van der Waals surface area contributed by atoms with E-state index in [9.17, 15) is 4.79 Å². The van der Waals surface area contributed by atoms with Gasteiger partial charge in [-0.3, -0.25) is 9.36 Å². The first kappa shape index (κ1) is 11.8. The standard InChI is InChI=1S/C13H17N3O/c1-2-14-8-5-9-16-10-15-12-7-4-3-6-11(12)13(16)17/h3-4,6-7,10,14H,2,5,8-9H2,1H3. The van der Waals surface area contributed by atoms with Crippen molar-refractivity contribution in [3.8, 4) is 0 Å². The fraction of sp³-hybridized carbons (Fsp3) is 0.385. The van der Waals surface area contributed by atoms with Crippen LogP contribution in [0.25, 0.3) is 10.9 Å². The maximum Gasteiger partial charge on any atom is 0.261 e. The fourth-order valence-electron chi connectivity index (χ4n) is 1.82. The second kappa shape index (κ2) is 5.59. The Hall–Kier alpha value is -1.68. The van der Waals surface area contributed by atoms with Crippen LogP contribution in [0, 0.1) is 0 Å². The molecule has 0 atom stereocenters. The summed E-state index contributed by atoms with van der Waals surface area (Å²) in [5.41, 5.74) is 0.813. The van der Waals surface area contributed by atoms with Crippen molar-refractivity contribution in [2.24, 2.45) is 0 Å². The van der Waals surface area contributed by atoms with Crippen molar-refractivity contribution in [3.63, 3.8) is 0 Å². The molecule has 0 saturated carbocycles. The summed E-state index contributed by atoms with van der Waals surface area (Å²) in [6.07, 6.45) is 2.57. The minimum atomic E-state index is 0.0482. The van der Waals surface area contributed by atoms with E-state index in [4.69, 9.17) is 0 Å². The summed E-state index contributed by atoms with van der Waals surface area (Å²) < 4.78 is 1.68. The molecule has 0 aliphatic carbocycles. The predicted molar refractivity (Wildman–Crippen MR) is 69.2 cm³/mol. The number of nitrogens with one attached hydrogen (secondary N) is 1. The first-order valence-corrected chi connectivity index (χ1v) is 5.98. The van der Waals surface area contributed by atoms with E-state index in [0.717, 1.165) is 25.0 Å². The van der Waals surface area contributed by atoms with Gasteiger partial charge in [0.1, 0.15) is 0 Å². The Morgan fingerprint density at radius 2 is 2.18 bits per heavy atom. The molecule has 90 valence electrons. The number of hydrogen-bond donors (Lipinski definition) is 1. The van der Waals surface area contributed by atoms with E-state index in [1.54, 1.807) is 10.9 Å². The van der Waals surface area contributed by atoms with Crippen LogP contribution in [0.2, 0.25) is 0 Å². The van der Waals surface area contributed by atoms with Crippen molar-refractivity contribution < 1.29 is 0 Å². The summed E-state index contributed by atoms with van der Waals surface area (Å²) in [5.74, 6) is 0. The van der Waals surface area contributed by atoms with E-state index in [-0.39, 0.29) is 5.56 Å². The maximum absolute atomic E-state index is 12.1. The zero-order chi connectivity index (χ0) is 12.1. The van der Waals surface area contributed by atoms with Gasteiger partial charge in [-0.05, 0) is 31.6 Å². The van der Waals surface area contributed by atoms with Crippen LogP contribution < -0.4 is 10.9 Å². The van der Waals surface area contributed by atoms with E-state index in [1.807, 2.05) is 24.3 Å². The first-order chi connectivity index (χ1) is 8.33. The quantitative estimate of drug-likeness (QED) is 0.791. The highest BCUT2D eigenvalue weighted by Gasteiger charge is 2.02. The first-order valence-electron chi connectivity index (χ1n) is 5.98. The third-order valence-electron chi connectivity index (χ3n) is 2.73. The van der Waals surface area contributed by atoms with Crippen LogP contribution >= 0.6 is 0 Å². The monoisotopic (exact) mass is 231 g/mol. The van der Waals surface area contributed by atoms with Crippen LogP contribution in [0.4, 0.5) is 0 Å². The Morgan fingerprint density at radius 3 is 3.00 bits per heavy atom. The summed E-state index contributed by atoms with van der Waals surface area (Å²) in [6.45, 7) is 4.67. The normalized spacial score (nSPS) is 10.9. The van der Waals surface area contributed by atoms with Crippen LogP contribution in [-0.4, -0.2) is 22.6 Å². The molecule has 2 rings (SSSR count). The second-order valence-corrected chi connectivity index (χ2v) is 3.97. The number of para-hydroxylation sites is 1. The van der Waals surface area contributed by atoms with Crippen LogP contribution in [0.1, 0.15) is 13.3 Å². The molecule has 0 radical (unpaired) electrons. The van der Waals surface area contributed by atoms with Crippen molar-refractivity contribution >= 4 is 10.9 Å². The minimum absolute atomic E-state index is 0.0482. The van der Waals surface area contributed by atoms with Crippen molar-refractivity contribution in [2.75, 3.05) is 13.1 Å². The summed E-state index contributed by atoms with van der Waals surface area (Å²) in [4.78, 5) is 16.4. The Bertz CT molecular complexity index is 548. The van der Waals surface area contributed by atoms with E-state index >= 15 is 0 Å². The highest BCUT2D eigenvalue weighted by Crippen LogP contribution is 2.04. The smallest absolute Gasteiger partial charge is 0.261 e. The lowest BCUT2D eigenvalue weighted by Gasteiger charge is -2.06. The molecule has 4 heteroatoms. The van der Waals surface area contributed by atoms with E-state index in [0.29, 0.717) is 11.9 Å². The summed E-state index contributed by atoms with van der Waals surface area (Å²) in [6, 6.07) is 7.45. The van der Waals surface area contributed by atoms with Crippen molar-refractivity contribution in [2.45, 2.75) is 19.9 Å². The number of fused-ring (bicyclic) bond motifs is 1. The zero-order valence-electron chi connectivity index (χ0n) is 10.0. The van der Waals surface area contributed by atoms with Crippen molar-refractivity contribution in [1.29, 1.82) is 0 Å². The van der Waals surface area contributed by atoms with Crippen molar-refractivity contribution in [1.82, 2.24) is 14.9 Å². The van der Waals surface area contributed by atoms with Crippen LogP contribution in [0.5, 0.6) is 0 Å². The molecule has 0 aliphatic heterocycles. The Morgan fingerprint density at radius 1 is 1.35 bits per heavy atom. The van der Waals surface area contributed by atoms with Crippen LogP contribution in [0.15, 0.2) is 35.4 Å². The number of rotatable bonds is 5. The molecular weight excluding hydrogens is 214 g/mol. The number of hydrogen-bond acceptors (Lipinski definition) is 3. The summed E-state index contributed by atoms with van der Waals surface area (Å²) in [7, 11) is 0. The molecule has 0 bridgehead atoms. The largest absolute Gasteiger partial charge is 0.317 e. The third-order valence-corrected chi connectivity index (χ3v) is 2.73. The topological polar surface area (TPSA) is 46.9 Å². The molecule has 1 N–H and O–H groups in total. The lowest BCUT2D eigenvalue weighted by Crippen LogP contribution is -2.23. The third kappa shape index (κ3) is 2.71. The maximum atomic E-state index is 12.1. The average Bonchev–Trinajstić information content (AvgIpc) is 2.37. The van der Waals surface area contributed by atoms with Gasteiger partial charge in [0.05, 0.1) is 17.2 Å². The minimum Gasteiger partial charge on any atom is -0.317 e. The number of aromatic nitrogens is 2. The van der Waals surface area contributed by atoms with E-state index in [1.165, 1.54) is 0 Å². The average molecular weight is 231 g/mol. The summed E-state index contributed by atoms with van der Waals surface area (Å²) >= 11 is 0. The molecule has 1 aromatic heterocycles. The number of benzene rings is 1. The molecule has 17 heavy (non-hydrogen) atoms. The second-order valence-electron chi connectivity index (χ2n) is 3.97. The van der Waals surface area contributed by atoms with Gasteiger partial charge in [-0.2, -0.15) is 0 Å². The van der Waals surface area contributed by atoms with E-state index in [2.05, 4.69) is 17.2 Å². The lowest BCUT2D eigenvalue weighted by atomic mass is 10.2. The fourth-order valence-corrected chi connectivity index (χ4v) is 1.82. The van der Waals surface area contributed by atoms with Gasteiger partial charge in [-0.15, -0.1) is 0 Å². The van der Waals surface area contributed by atoms with Gasteiger partial charge < -0.3 is 5.32 Å². The highest BCUT2D eigenvalue weighted by atomic mass is 16.1. The Labute approximate surface area is 100 Å². The molecule has 1 aromatic carbocycles. The van der Waals surface area contributed by atoms with Gasteiger partial charge in [0.2, 0.25) is 0 Å². The van der Waals surface area contributed by atoms with Gasteiger partial charge in [0.25, 0.3) is 5.56 Å². The van der Waals surface area contributed by atoms with Gasteiger partial charge in [-0.25, -0.2) is 4.98 Å². The highest BCUT2D eigenvalue weighted by molar-refractivity contribution is 5.76. The summed E-state index contributed by atoms with van der Waals surface area (Å²) in [5, 5.41) is 3.93. The molecule has 0 fully saturated rings. The van der Waals surface area contributed by atoms with Crippen LogP contribution in [-0.2, 0) is 6.54 Å². The molecule has 0 saturated heterocycles. The molecule has 1 heterocycles. The molecular formula is C13H17N3O. The molecule has 4 nitrogen and oxygen atoms in total. The molecule has 0 spiro atoms. The molecule has 2 aromatic rings. The number of nitrogens with zero attached hydrogens (tertiary/aromatic N) is 2. The molecule has 0 aliphatic rings. The Kier molecular flexibility index (Phi) is 3.88. The predicted octanol–water partition coefficient (Wildman–Crippen LogP) is 1.40. The van der Waals surface area contributed by atoms with Crippen molar-refractivity contribution in [3.05, 3.63) is 40.9 Å². The van der Waals surface area contributed by atoms with E-state index < -0.39 is 0 Å². The van der Waals surface area contributed by atoms with Gasteiger partial charge >= 0.3 is 0 Å². The Balaban J connectivity index is 2.18. The lowest BCUT2D eigenvalue weighted by molar-refractivity contribution is 0.577. The van der Waals surface area contributed by atoms with Gasteiger partial charge in [-0.1, -0.05) is 19.1 Å².